The molecule has 1 amide bonds. The summed E-state index contributed by atoms with van der Waals surface area (Å²) in [7, 11) is 0. The van der Waals surface area contributed by atoms with E-state index in [0.717, 1.165) is 27.1 Å². The normalized spacial score (nSPS) is 11.5. The van der Waals surface area contributed by atoms with Crippen LogP contribution in [0.1, 0.15) is 18.1 Å². The van der Waals surface area contributed by atoms with Crippen molar-refractivity contribution in [3.63, 3.8) is 0 Å². The smallest absolute Gasteiger partial charge is 0.258 e. The summed E-state index contributed by atoms with van der Waals surface area (Å²) < 4.78 is 6.42. The van der Waals surface area contributed by atoms with Gasteiger partial charge in [-0.1, -0.05) is 65.4 Å². The van der Waals surface area contributed by atoms with E-state index in [9.17, 15) is 4.79 Å². The van der Waals surface area contributed by atoms with Gasteiger partial charge < -0.3 is 4.74 Å². The summed E-state index contributed by atoms with van der Waals surface area (Å²) in [6, 6.07) is 22.7. The fourth-order valence-corrected chi connectivity index (χ4v) is 4.14. The summed E-state index contributed by atoms with van der Waals surface area (Å²) in [6.45, 7) is 2.56. The third-order valence-electron chi connectivity index (χ3n) is 4.40. The monoisotopic (exact) mass is 434 g/mol. The van der Waals surface area contributed by atoms with E-state index in [2.05, 4.69) is 10.3 Å². The number of rotatable bonds is 6. The minimum absolute atomic E-state index is 0.222. The molecular formula is C24H19ClN2O2S. The van der Waals surface area contributed by atoms with Crippen LogP contribution in [0.3, 0.4) is 0 Å². The largest absolute Gasteiger partial charge is 0.494 e. The number of carbonyl (C=O) groups excluding carboxylic acids is 1. The zero-order chi connectivity index (χ0) is 20.9. The number of thiazole rings is 1. The zero-order valence-electron chi connectivity index (χ0n) is 16.3. The lowest BCUT2D eigenvalue weighted by atomic mass is 10.0. The zero-order valence-corrected chi connectivity index (χ0v) is 17.8. The maximum Gasteiger partial charge on any atom is 0.258 e. The molecule has 4 rings (SSSR count). The molecule has 0 aliphatic rings. The molecule has 150 valence electrons. The van der Waals surface area contributed by atoms with Crippen LogP contribution in [0.4, 0.5) is 5.13 Å². The first-order valence-corrected chi connectivity index (χ1v) is 10.7. The average molecular weight is 435 g/mol. The lowest BCUT2D eigenvalue weighted by Crippen LogP contribution is -2.13. The quantitative estimate of drug-likeness (QED) is 0.277. The van der Waals surface area contributed by atoms with Crippen molar-refractivity contribution in [1.29, 1.82) is 0 Å². The minimum Gasteiger partial charge on any atom is -0.494 e. The van der Waals surface area contributed by atoms with Crippen molar-refractivity contribution >= 4 is 55.8 Å². The maximum absolute atomic E-state index is 13.2. The molecule has 0 aliphatic carbocycles. The van der Waals surface area contributed by atoms with Crippen molar-refractivity contribution in [3.05, 3.63) is 88.9 Å². The number of carbonyl (C=O) groups is 1. The number of amides is 1. The average Bonchev–Trinajstić information content (AvgIpc) is 3.15. The molecule has 0 unspecified atom stereocenters. The van der Waals surface area contributed by atoms with Crippen LogP contribution >= 0.6 is 22.9 Å². The van der Waals surface area contributed by atoms with Gasteiger partial charge in [0.05, 0.1) is 16.8 Å². The van der Waals surface area contributed by atoms with E-state index in [-0.39, 0.29) is 5.91 Å². The summed E-state index contributed by atoms with van der Waals surface area (Å²) in [5.41, 5.74) is 3.09. The molecule has 1 N–H and O–H groups in total. The van der Waals surface area contributed by atoms with E-state index in [1.807, 2.05) is 79.7 Å². The summed E-state index contributed by atoms with van der Waals surface area (Å²) in [6.07, 6.45) is 1.87. The molecule has 0 saturated heterocycles. The summed E-state index contributed by atoms with van der Waals surface area (Å²) in [5.74, 6) is 0.578. The first-order valence-electron chi connectivity index (χ1n) is 9.50. The van der Waals surface area contributed by atoms with Gasteiger partial charge in [-0.3, -0.25) is 10.1 Å². The van der Waals surface area contributed by atoms with E-state index >= 15 is 0 Å². The molecule has 0 saturated carbocycles. The van der Waals surface area contributed by atoms with E-state index in [0.29, 0.717) is 22.3 Å². The van der Waals surface area contributed by atoms with Crippen LogP contribution in [-0.4, -0.2) is 17.5 Å². The highest BCUT2D eigenvalue weighted by molar-refractivity contribution is 7.22. The van der Waals surface area contributed by atoms with Crippen LogP contribution < -0.4 is 10.1 Å². The number of nitrogens with zero attached hydrogens (tertiary/aromatic N) is 1. The number of benzene rings is 3. The summed E-state index contributed by atoms with van der Waals surface area (Å²) in [5, 5.41) is 4.11. The van der Waals surface area contributed by atoms with E-state index in [4.69, 9.17) is 16.3 Å². The molecule has 1 heterocycles. The Morgan fingerprint density at radius 1 is 1.10 bits per heavy atom. The summed E-state index contributed by atoms with van der Waals surface area (Å²) in [4.78, 5) is 17.7. The van der Waals surface area contributed by atoms with Gasteiger partial charge in [0.2, 0.25) is 0 Å². The van der Waals surface area contributed by atoms with Crippen LogP contribution in [0.2, 0.25) is 5.02 Å². The Morgan fingerprint density at radius 2 is 1.87 bits per heavy atom. The fourth-order valence-electron chi connectivity index (χ4n) is 3.01. The van der Waals surface area contributed by atoms with Crippen molar-refractivity contribution in [1.82, 2.24) is 4.98 Å². The molecule has 0 radical (unpaired) electrons. The lowest BCUT2D eigenvalue weighted by molar-refractivity contribution is -0.111. The number of hydrogen-bond acceptors (Lipinski definition) is 4. The number of ether oxygens (including phenoxy) is 1. The second-order valence-corrected chi connectivity index (χ2v) is 7.98. The highest BCUT2D eigenvalue weighted by Crippen LogP contribution is 2.29. The molecule has 0 spiro atoms. The minimum atomic E-state index is -0.222. The van der Waals surface area contributed by atoms with Gasteiger partial charge in [0.1, 0.15) is 5.75 Å². The van der Waals surface area contributed by atoms with Crippen molar-refractivity contribution in [2.75, 3.05) is 11.9 Å². The van der Waals surface area contributed by atoms with Gasteiger partial charge in [0, 0.05) is 10.6 Å². The van der Waals surface area contributed by atoms with Crippen LogP contribution in [0.5, 0.6) is 5.75 Å². The van der Waals surface area contributed by atoms with Crippen molar-refractivity contribution < 1.29 is 9.53 Å². The molecule has 0 aliphatic heterocycles. The molecule has 1 aromatic heterocycles. The number of fused-ring (bicyclic) bond motifs is 1. The van der Waals surface area contributed by atoms with E-state index in [1.54, 1.807) is 6.07 Å². The Morgan fingerprint density at radius 3 is 2.60 bits per heavy atom. The van der Waals surface area contributed by atoms with Gasteiger partial charge in [-0.25, -0.2) is 4.98 Å². The van der Waals surface area contributed by atoms with Crippen LogP contribution in [-0.2, 0) is 4.79 Å². The molecule has 0 atom stereocenters. The first kappa shape index (κ1) is 20.1. The number of hydrogen-bond donors (Lipinski definition) is 1. The van der Waals surface area contributed by atoms with E-state index in [1.165, 1.54) is 11.3 Å². The second-order valence-electron chi connectivity index (χ2n) is 6.51. The van der Waals surface area contributed by atoms with Crippen molar-refractivity contribution in [3.8, 4) is 5.75 Å². The molecule has 30 heavy (non-hydrogen) atoms. The number of nitrogens with one attached hydrogen (secondary N) is 1. The maximum atomic E-state index is 13.2. The van der Waals surface area contributed by atoms with Gasteiger partial charge in [-0.05, 0) is 54.5 Å². The molecule has 3 aromatic carbocycles. The van der Waals surface area contributed by atoms with Gasteiger partial charge in [0.25, 0.3) is 5.91 Å². The SMILES string of the molecule is CCOc1ccc(/C=C(/C(=O)Nc2nc3ccc(Cl)cc3s2)c2ccccc2)cc1. The number of aromatic nitrogens is 1. The molecule has 0 fully saturated rings. The van der Waals surface area contributed by atoms with Gasteiger partial charge in [-0.2, -0.15) is 0 Å². The van der Waals surface area contributed by atoms with Crippen LogP contribution in [0.25, 0.3) is 21.9 Å². The predicted molar refractivity (Wildman–Crippen MR) is 125 cm³/mol. The summed E-state index contributed by atoms with van der Waals surface area (Å²) >= 11 is 7.45. The van der Waals surface area contributed by atoms with Crippen molar-refractivity contribution in [2.24, 2.45) is 0 Å². The lowest BCUT2D eigenvalue weighted by Gasteiger charge is -2.08. The van der Waals surface area contributed by atoms with Crippen LogP contribution in [0.15, 0.2) is 72.8 Å². The Hall–Kier alpha value is -3.15. The number of halogens is 1. The predicted octanol–water partition coefficient (Wildman–Crippen LogP) is 6.53. The molecule has 4 nitrogen and oxygen atoms in total. The topological polar surface area (TPSA) is 51.2 Å². The fraction of sp³-hybridized carbons (Fsp3) is 0.0833. The highest BCUT2D eigenvalue weighted by Gasteiger charge is 2.15. The third-order valence-corrected chi connectivity index (χ3v) is 5.57. The third kappa shape index (κ3) is 4.70. The second kappa shape index (κ2) is 9.11. The standard InChI is InChI=1S/C24H19ClN2O2S/c1-2-29-19-11-8-16(9-12-19)14-20(17-6-4-3-5-7-17)23(28)27-24-26-21-13-10-18(25)15-22(21)30-24/h3-15H,2H2,1H3,(H,26,27,28)/b20-14+. The van der Waals surface area contributed by atoms with Crippen LogP contribution in [0, 0.1) is 0 Å². The van der Waals surface area contributed by atoms with E-state index < -0.39 is 0 Å². The Kier molecular flexibility index (Phi) is 6.12. The molecule has 0 bridgehead atoms. The van der Waals surface area contributed by atoms with Crippen molar-refractivity contribution in [2.45, 2.75) is 6.92 Å². The molecule has 4 aromatic rings. The Labute approximate surface area is 183 Å². The molecular weight excluding hydrogens is 416 g/mol. The Bertz CT molecular complexity index is 1200. The first-order chi connectivity index (χ1) is 14.6. The van der Waals surface area contributed by atoms with Gasteiger partial charge >= 0.3 is 0 Å². The highest BCUT2D eigenvalue weighted by atomic mass is 35.5. The number of anilines is 1. The van der Waals surface area contributed by atoms with Gasteiger partial charge in [0.15, 0.2) is 5.13 Å². The van der Waals surface area contributed by atoms with Gasteiger partial charge in [-0.15, -0.1) is 0 Å². The molecule has 6 heteroatoms. The Balaban J connectivity index is 1.65.